The fraction of sp³-hybridized carbons (Fsp3) is 0.0238. The van der Waals surface area contributed by atoms with Crippen LogP contribution in [0.2, 0.25) is 10.0 Å². The number of nitrogen functional groups attached to an aromatic ring is 1. The molecule has 0 radical (unpaired) electrons. The summed E-state index contributed by atoms with van der Waals surface area (Å²) in [7, 11) is -3.14. The molecule has 0 fully saturated rings. The van der Waals surface area contributed by atoms with Gasteiger partial charge in [-0.05, 0) is 72.8 Å². The fourth-order valence-electron chi connectivity index (χ4n) is 5.24. The zero-order valence-corrected chi connectivity index (χ0v) is 31.6. The average molecular weight is 789 g/mol. The Morgan fingerprint density at radius 3 is 1.55 bits per heavy atom. The van der Waals surface area contributed by atoms with Gasteiger partial charge in [0.05, 0.1) is 34.6 Å². The van der Waals surface area contributed by atoms with Gasteiger partial charge in [0, 0.05) is 62.4 Å². The lowest BCUT2D eigenvalue weighted by atomic mass is 10.1. The van der Waals surface area contributed by atoms with Crippen LogP contribution in [0.3, 0.4) is 0 Å². The summed E-state index contributed by atoms with van der Waals surface area (Å²) in [6.45, 7) is 1.45. The highest BCUT2D eigenvalue weighted by molar-refractivity contribution is 7.53. The van der Waals surface area contributed by atoms with E-state index in [-0.39, 0.29) is 5.56 Å². The normalized spacial score (nSPS) is 10.7. The van der Waals surface area contributed by atoms with E-state index >= 15 is 0 Å². The van der Waals surface area contributed by atoms with Gasteiger partial charge in [-0.15, -0.1) is 0 Å². The molecule has 274 valence electrons. The summed E-state index contributed by atoms with van der Waals surface area (Å²) < 4.78 is 22.8. The number of halogens is 2. The van der Waals surface area contributed by atoms with Crippen LogP contribution in [0.25, 0.3) is 44.3 Å². The molecule has 0 saturated carbocycles. The Bertz CT molecular complexity index is 2560. The number of benzene rings is 4. The first-order valence-corrected chi connectivity index (χ1v) is 19.4. The van der Waals surface area contributed by atoms with Crippen LogP contribution in [-0.4, -0.2) is 37.7 Å². The van der Waals surface area contributed by atoms with Crippen molar-refractivity contribution in [3.63, 3.8) is 0 Å². The standard InChI is InChI=1S/C15H9ClN2O2.C14H10ClN3.C13H13O3P/c16-10-3-1-9(2-4-10)14-7-11(15(19)20)12-8-17-6-5-13(12)18-14;15-10-3-1-9(2-4-10)14-7-12(16)11-8-17-6-5-13(11)18-14;1-17(14,15-12-8-4-2-5-9-12)16-13-10-6-3-7-11-13/h1-8H,(H,19,20);1-8H,(H2,16,18);2-11H,1H3. The summed E-state index contributed by atoms with van der Waals surface area (Å²) in [5.41, 5.74) is 11.6. The summed E-state index contributed by atoms with van der Waals surface area (Å²) in [5, 5.41) is 12.0. The van der Waals surface area contributed by atoms with E-state index in [4.69, 9.17) is 38.0 Å². The average Bonchev–Trinajstić information content (AvgIpc) is 3.19. The SMILES string of the molecule is CP(=O)(Oc1ccccc1)Oc1ccccc1.Nc1cc(-c2ccc(Cl)cc2)nc2ccncc12.O=C(O)c1cc(-c2ccc(Cl)cc2)nc2ccncc12. The highest BCUT2D eigenvalue weighted by atomic mass is 35.5. The minimum absolute atomic E-state index is 0.188. The number of carboxylic acids is 1. The van der Waals surface area contributed by atoms with Gasteiger partial charge in [0.25, 0.3) is 0 Å². The van der Waals surface area contributed by atoms with E-state index in [0.29, 0.717) is 43.8 Å². The smallest absolute Gasteiger partial charge is 0.427 e. The Balaban J connectivity index is 0.000000141. The molecule has 4 aromatic heterocycles. The number of fused-ring (bicyclic) bond motifs is 2. The van der Waals surface area contributed by atoms with Gasteiger partial charge in [0.15, 0.2) is 0 Å². The lowest BCUT2D eigenvalue weighted by molar-refractivity contribution is 0.0699. The van der Waals surface area contributed by atoms with Crippen molar-refractivity contribution >= 4 is 64.3 Å². The number of nitrogens with zero attached hydrogens (tertiary/aromatic N) is 4. The molecule has 3 N–H and O–H groups in total. The number of pyridine rings is 4. The predicted octanol–water partition coefficient (Wildman–Crippen LogP) is 11.1. The molecule has 10 nitrogen and oxygen atoms in total. The Kier molecular flexibility index (Phi) is 12.3. The maximum Gasteiger partial charge on any atom is 0.427 e. The van der Waals surface area contributed by atoms with Crippen molar-refractivity contribution < 1.29 is 23.5 Å². The second-order valence-electron chi connectivity index (χ2n) is 11.8. The first kappa shape index (κ1) is 38.4. The molecule has 0 amide bonds. The van der Waals surface area contributed by atoms with Crippen molar-refractivity contribution in [1.82, 2.24) is 19.9 Å². The van der Waals surface area contributed by atoms with Crippen LogP contribution in [0.1, 0.15) is 10.4 Å². The Morgan fingerprint density at radius 2 is 1.07 bits per heavy atom. The summed E-state index contributed by atoms with van der Waals surface area (Å²) in [6, 6.07) is 39.6. The molecule has 0 aliphatic rings. The summed E-state index contributed by atoms with van der Waals surface area (Å²) in [6.07, 6.45) is 6.54. The lowest BCUT2D eigenvalue weighted by Crippen LogP contribution is -2.00. The molecular formula is C42H32Cl2N5O5P. The molecule has 13 heteroatoms. The highest BCUT2D eigenvalue weighted by Gasteiger charge is 2.20. The summed E-state index contributed by atoms with van der Waals surface area (Å²) in [5.74, 6) is 0.0733. The van der Waals surface area contributed by atoms with Crippen molar-refractivity contribution in [2.45, 2.75) is 0 Å². The van der Waals surface area contributed by atoms with Gasteiger partial charge in [-0.2, -0.15) is 0 Å². The van der Waals surface area contributed by atoms with Gasteiger partial charge in [-0.1, -0.05) is 83.9 Å². The maximum atomic E-state index is 12.1. The summed E-state index contributed by atoms with van der Waals surface area (Å²) >= 11 is 11.7. The number of carbonyl (C=O) groups is 1. The molecule has 8 rings (SSSR count). The van der Waals surface area contributed by atoms with Crippen LogP contribution in [-0.2, 0) is 4.57 Å². The molecule has 0 aliphatic heterocycles. The van der Waals surface area contributed by atoms with E-state index in [9.17, 15) is 14.5 Å². The molecule has 0 saturated heterocycles. The second-order valence-corrected chi connectivity index (χ2v) is 14.6. The number of aromatic nitrogens is 4. The minimum Gasteiger partial charge on any atom is -0.478 e. The molecule has 0 atom stereocenters. The molecule has 0 unspecified atom stereocenters. The predicted molar refractivity (Wildman–Crippen MR) is 219 cm³/mol. The minimum atomic E-state index is -3.14. The zero-order chi connectivity index (χ0) is 38.8. The molecule has 8 aromatic rings. The van der Waals surface area contributed by atoms with E-state index in [0.717, 1.165) is 27.7 Å². The third-order valence-electron chi connectivity index (χ3n) is 7.79. The number of hydrogen-bond donors (Lipinski definition) is 2. The van der Waals surface area contributed by atoms with Crippen molar-refractivity contribution in [3.05, 3.63) is 174 Å². The van der Waals surface area contributed by atoms with Gasteiger partial charge >= 0.3 is 13.6 Å². The van der Waals surface area contributed by atoms with Gasteiger partial charge < -0.3 is 19.9 Å². The molecule has 55 heavy (non-hydrogen) atoms. The van der Waals surface area contributed by atoms with E-state index < -0.39 is 13.6 Å². The van der Waals surface area contributed by atoms with E-state index in [1.165, 1.54) is 12.9 Å². The number of anilines is 1. The zero-order valence-electron chi connectivity index (χ0n) is 29.2. The summed E-state index contributed by atoms with van der Waals surface area (Å²) in [4.78, 5) is 28.4. The van der Waals surface area contributed by atoms with Crippen molar-refractivity contribution in [2.75, 3.05) is 12.4 Å². The monoisotopic (exact) mass is 787 g/mol. The third kappa shape index (κ3) is 10.4. The third-order valence-corrected chi connectivity index (χ3v) is 9.38. The van der Waals surface area contributed by atoms with Crippen LogP contribution < -0.4 is 14.8 Å². The van der Waals surface area contributed by atoms with Crippen molar-refractivity contribution in [1.29, 1.82) is 0 Å². The lowest BCUT2D eigenvalue weighted by Gasteiger charge is -2.15. The van der Waals surface area contributed by atoms with Crippen LogP contribution in [0.15, 0.2) is 158 Å². The van der Waals surface area contributed by atoms with E-state index in [1.54, 1.807) is 67.1 Å². The maximum absolute atomic E-state index is 12.1. The van der Waals surface area contributed by atoms with Crippen LogP contribution in [0.4, 0.5) is 5.69 Å². The van der Waals surface area contributed by atoms with Crippen molar-refractivity contribution in [2.24, 2.45) is 0 Å². The molecular weight excluding hydrogens is 756 g/mol. The number of hydrogen-bond acceptors (Lipinski definition) is 9. The first-order valence-electron chi connectivity index (χ1n) is 16.6. The number of para-hydroxylation sites is 2. The fourth-order valence-corrected chi connectivity index (χ4v) is 6.54. The Hall–Kier alpha value is -6.32. The molecule has 4 aromatic carbocycles. The number of rotatable bonds is 7. The number of nitrogens with two attached hydrogens (primary N) is 1. The van der Waals surface area contributed by atoms with Crippen LogP contribution in [0.5, 0.6) is 11.5 Å². The molecule has 4 heterocycles. The van der Waals surface area contributed by atoms with Gasteiger partial charge in [-0.25, -0.2) is 19.3 Å². The van der Waals surface area contributed by atoms with Gasteiger partial charge in [-0.3, -0.25) is 9.97 Å². The highest BCUT2D eigenvalue weighted by Crippen LogP contribution is 2.44. The Morgan fingerprint density at radius 1 is 0.636 bits per heavy atom. The van der Waals surface area contributed by atoms with Crippen LogP contribution in [0, 0.1) is 0 Å². The van der Waals surface area contributed by atoms with Gasteiger partial charge in [0.2, 0.25) is 0 Å². The second kappa shape index (κ2) is 17.7. The topological polar surface area (TPSA) is 150 Å². The Labute approximate surface area is 326 Å². The quantitative estimate of drug-likeness (QED) is 0.149. The van der Waals surface area contributed by atoms with Crippen molar-refractivity contribution in [3.8, 4) is 34.0 Å². The molecule has 0 bridgehead atoms. The van der Waals surface area contributed by atoms with Crippen LogP contribution >= 0.6 is 30.8 Å². The number of aromatic carboxylic acids is 1. The van der Waals surface area contributed by atoms with E-state index in [1.807, 2.05) is 84.9 Å². The van der Waals surface area contributed by atoms with E-state index in [2.05, 4.69) is 19.9 Å². The molecule has 0 aliphatic carbocycles. The number of carboxylic acid groups (broad SMARTS) is 1. The van der Waals surface area contributed by atoms with Gasteiger partial charge in [0.1, 0.15) is 11.5 Å². The first-order chi connectivity index (χ1) is 26.5. The largest absolute Gasteiger partial charge is 0.478 e. The molecule has 0 spiro atoms.